The second-order valence-electron chi connectivity index (χ2n) is 4.50. The Morgan fingerprint density at radius 1 is 1.50 bits per heavy atom. The van der Waals surface area contributed by atoms with E-state index in [0.29, 0.717) is 12.8 Å². The number of hydrogen-bond donors (Lipinski definition) is 4. The predicted molar refractivity (Wildman–Crippen MR) is 63.6 cm³/mol. The van der Waals surface area contributed by atoms with E-state index in [9.17, 15) is 14.4 Å². The van der Waals surface area contributed by atoms with Crippen molar-refractivity contribution in [1.29, 1.82) is 0 Å². The smallest absolute Gasteiger partial charge is 0.326 e. The molecule has 0 radical (unpaired) electrons. The van der Waals surface area contributed by atoms with Crippen molar-refractivity contribution in [3.05, 3.63) is 0 Å². The van der Waals surface area contributed by atoms with Crippen molar-refractivity contribution in [3.8, 4) is 0 Å². The predicted octanol–water partition coefficient (Wildman–Crippen LogP) is -1.04. The minimum atomic E-state index is -1.26. The van der Waals surface area contributed by atoms with Crippen molar-refractivity contribution in [3.63, 3.8) is 0 Å². The maximum absolute atomic E-state index is 12.1. The first-order valence-electron chi connectivity index (χ1n) is 5.98. The molecule has 1 aliphatic heterocycles. The van der Waals surface area contributed by atoms with Gasteiger partial charge in [-0.1, -0.05) is 6.92 Å². The number of hydrogen-bond acceptors (Lipinski definition) is 4. The highest BCUT2D eigenvalue weighted by Crippen LogP contribution is 2.23. The molecule has 1 aliphatic rings. The number of nitrogens with two attached hydrogens (primary N) is 1. The van der Waals surface area contributed by atoms with E-state index >= 15 is 0 Å². The topological polar surface area (TPSA) is 122 Å². The summed E-state index contributed by atoms with van der Waals surface area (Å²) in [5, 5.41) is 14.4. The fraction of sp³-hybridized carbons (Fsp3) is 0.727. The number of nitrogens with one attached hydrogen (secondary N) is 2. The summed E-state index contributed by atoms with van der Waals surface area (Å²) in [6.07, 6.45) is 1.70. The summed E-state index contributed by atoms with van der Waals surface area (Å²) in [4.78, 5) is 33.8. The zero-order valence-corrected chi connectivity index (χ0v) is 10.4. The van der Waals surface area contributed by atoms with Crippen molar-refractivity contribution in [2.75, 3.05) is 6.54 Å². The van der Waals surface area contributed by atoms with Crippen molar-refractivity contribution in [2.24, 2.45) is 5.73 Å². The number of carbonyl (C=O) groups is 3. The van der Waals surface area contributed by atoms with E-state index < -0.39 is 29.9 Å². The fourth-order valence-electron chi connectivity index (χ4n) is 2.16. The largest absolute Gasteiger partial charge is 0.480 e. The van der Waals surface area contributed by atoms with E-state index in [1.807, 2.05) is 6.92 Å². The Labute approximate surface area is 105 Å². The van der Waals surface area contributed by atoms with E-state index in [-0.39, 0.29) is 5.91 Å². The summed E-state index contributed by atoms with van der Waals surface area (Å²) < 4.78 is 0. The van der Waals surface area contributed by atoms with E-state index in [1.54, 1.807) is 0 Å². The Bertz CT molecular complexity index is 350. The molecule has 7 nitrogen and oxygen atoms in total. The SMILES string of the molecule is CCC1(C(=O)N[C@@H](CC(N)=O)C(=O)O)CCCN1. The van der Waals surface area contributed by atoms with Gasteiger partial charge < -0.3 is 21.5 Å². The number of amides is 2. The van der Waals surface area contributed by atoms with Gasteiger partial charge in [0.15, 0.2) is 0 Å². The van der Waals surface area contributed by atoms with Gasteiger partial charge in [0, 0.05) is 0 Å². The molecule has 0 bridgehead atoms. The van der Waals surface area contributed by atoms with Gasteiger partial charge in [-0.2, -0.15) is 0 Å². The minimum absolute atomic E-state index is 0.379. The molecule has 1 unspecified atom stereocenters. The molecule has 0 saturated carbocycles. The van der Waals surface area contributed by atoms with Crippen LogP contribution < -0.4 is 16.4 Å². The van der Waals surface area contributed by atoms with Crippen LogP contribution in [0.25, 0.3) is 0 Å². The molecule has 2 atom stereocenters. The lowest BCUT2D eigenvalue weighted by molar-refractivity contribution is -0.144. The Balaban J connectivity index is 2.71. The standard InChI is InChI=1S/C11H19N3O4/c1-2-11(4-3-5-13-11)10(18)14-7(9(16)17)6-8(12)15/h7,13H,2-6H2,1H3,(H2,12,15)(H,14,18)(H,16,17)/t7-,11?/m0/s1. The first kappa shape index (κ1) is 14.4. The molecule has 7 heteroatoms. The molecular weight excluding hydrogens is 238 g/mol. The third-order valence-corrected chi connectivity index (χ3v) is 3.29. The maximum atomic E-state index is 12.1. The summed E-state index contributed by atoms with van der Waals surface area (Å²) >= 11 is 0. The van der Waals surface area contributed by atoms with Crippen LogP contribution in [0.5, 0.6) is 0 Å². The van der Waals surface area contributed by atoms with E-state index in [0.717, 1.165) is 13.0 Å². The zero-order chi connectivity index (χ0) is 13.8. The van der Waals surface area contributed by atoms with Crippen LogP contribution in [0.15, 0.2) is 0 Å². The van der Waals surface area contributed by atoms with E-state index in [1.165, 1.54) is 0 Å². The van der Waals surface area contributed by atoms with Gasteiger partial charge in [-0.3, -0.25) is 9.59 Å². The molecule has 0 aromatic rings. The number of carboxylic acids is 1. The molecule has 5 N–H and O–H groups in total. The van der Waals surface area contributed by atoms with Crippen molar-refractivity contribution >= 4 is 17.8 Å². The van der Waals surface area contributed by atoms with E-state index in [4.69, 9.17) is 10.8 Å². The molecule has 102 valence electrons. The van der Waals surface area contributed by atoms with Crippen molar-refractivity contribution < 1.29 is 19.5 Å². The molecule has 2 amide bonds. The average molecular weight is 257 g/mol. The van der Waals surface area contributed by atoms with Crippen LogP contribution in [0, 0.1) is 0 Å². The lowest BCUT2D eigenvalue weighted by atomic mass is 9.92. The van der Waals surface area contributed by atoms with Gasteiger partial charge in [0.1, 0.15) is 6.04 Å². The van der Waals surface area contributed by atoms with Crippen molar-refractivity contribution in [1.82, 2.24) is 10.6 Å². The summed E-state index contributed by atoms with van der Waals surface area (Å²) in [7, 11) is 0. The van der Waals surface area contributed by atoms with Gasteiger partial charge in [-0.25, -0.2) is 4.79 Å². The normalized spacial score (nSPS) is 24.5. The molecular formula is C11H19N3O4. The molecule has 1 rings (SSSR count). The number of carbonyl (C=O) groups excluding carboxylic acids is 2. The molecule has 1 saturated heterocycles. The third-order valence-electron chi connectivity index (χ3n) is 3.29. The first-order valence-corrected chi connectivity index (χ1v) is 5.98. The molecule has 1 heterocycles. The van der Waals surface area contributed by atoms with Gasteiger partial charge in [0.05, 0.1) is 12.0 Å². The second-order valence-corrected chi connectivity index (χ2v) is 4.50. The highest BCUT2D eigenvalue weighted by Gasteiger charge is 2.40. The monoisotopic (exact) mass is 257 g/mol. The lowest BCUT2D eigenvalue weighted by Gasteiger charge is -2.28. The summed E-state index contributed by atoms with van der Waals surface area (Å²) in [5.74, 6) is -2.39. The lowest BCUT2D eigenvalue weighted by Crippen LogP contribution is -2.57. The summed E-state index contributed by atoms with van der Waals surface area (Å²) in [5.41, 5.74) is 4.24. The van der Waals surface area contributed by atoms with E-state index in [2.05, 4.69) is 10.6 Å². The molecule has 0 aliphatic carbocycles. The van der Waals surface area contributed by atoms with Crippen LogP contribution in [-0.4, -0.2) is 41.0 Å². The number of aliphatic carboxylic acids is 1. The minimum Gasteiger partial charge on any atom is -0.480 e. The highest BCUT2D eigenvalue weighted by atomic mass is 16.4. The summed E-state index contributed by atoms with van der Waals surface area (Å²) in [6.45, 7) is 2.59. The van der Waals surface area contributed by atoms with Gasteiger partial charge in [0.25, 0.3) is 0 Å². The highest BCUT2D eigenvalue weighted by molar-refractivity contribution is 5.92. The molecule has 1 fully saturated rings. The number of primary amides is 1. The van der Waals surface area contributed by atoms with Gasteiger partial charge >= 0.3 is 5.97 Å². The molecule has 18 heavy (non-hydrogen) atoms. The Morgan fingerprint density at radius 3 is 2.56 bits per heavy atom. The Morgan fingerprint density at radius 2 is 2.17 bits per heavy atom. The molecule has 0 aromatic heterocycles. The third kappa shape index (κ3) is 3.19. The van der Waals surface area contributed by atoms with Crippen LogP contribution in [0.3, 0.4) is 0 Å². The second kappa shape index (κ2) is 5.81. The zero-order valence-electron chi connectivity index (χ0n) is 10.4. The Hall–Kier alpha value is -1.63. The molecule has 0 aromatic carbocycles. The number of carboxylic acid groups (broad SMARTS) is 1. The number of rotatable bonds is 6. The molecule has 0 spiro atoms. The van der Waals surface area contributed by atoms with Gasteiger partial charge in [-0.05, 0) is 25.8 Å². The van der Waals surface area contributed by atoms with Crippen LogP contribution in [-0.2, 0) is 14.4 Å². The Kier molecular flexibility index (Phi) is 4.66. The maximum Gasteiger partial charge on any atom is 0.326 e. The average Bonchev–Trinajstić information content (AvgIpc) is 2.77. The fourth-order valence-corrected chi connectivity index (χ4v) is 2.16. The summed E-state index contributed by atoms with van der Waals surface area (Å²) in [6, 6.07) is -1.26. The van der Waals surface area contributed by atoms with Crippen LogP contribution in [0.4, 0.5) is 0 Å². The first-order chi connectivity index (χ1) is 8.41. The van der Waals surface area contributed by atoms with Crippen LogP contribution >= 0.6 is 0 Å². The van der Waals surface area contributed by atoms with Crippen molar-refractivity contribution in [2.45, 2.75) is 44.2 Å². The van der Waals surface area contributed by atoms with Gasteiger partial charge in [0.2, 0.25) is 11.8 Å². The van der Waals surface area contributed by atoms with Crippen LogP contribution in [0.2, 0.25) is 0 Å². The van der Waals surface area contributed by atoms with Gasteiger partial charge in [-0.15, -0.1) is 0 Å². The quantitative estimate of drug-likeness (QED) is 0.484. The van der Waals surface area contributed by atoms with Crippen LogP contribution in [0.1, 0.15) is 32.6 Å².